The van der Waals surface area contributed by atoms with Crippen LogP contribution in [0.5, 0.6) is 5.75 Å². The van der Waals surface area contributed by atoms with Crippen LogP contribution in [0, 0.1) is 5.92 Å². The van der Waals surface area contributed by atoms with Crippen molar-refractivity contribution in [2.24, 2.45) is 5.92 Å². The molecule has 2 N–H and O–H groups in total. The summed E-state index contributed by atoms with van der Waals surface area (Å²) < 4.78 is 32.6. The van der Waals surface area contributed by atoms with Gasteiger partial charge in [-0.1, -0.05) is 29.4 Å². The van der Waals surface area contributed by atoms with Crippen LogP contribution in [-0.4, -0.2) is 41.7 Å². The molecule has 10 nitrogen and oxygen atoms in total. The Balaban J connectivity index is 1.31. The second kappa shape index (κ2) is 10.3. The summed E-state index contributed by atoms with van der Waals surface area (Å²) in [5.41, 5.74) is 2.51. The summed E-state index contributed by atoms with van der Waals surface area (Å²) in [6.07, 6.45) is 4.13. The third-order valence-electron chi connectivity index (χ3n) is 5.91. The summed E-state index contributed by atoms with van der Waals surface area (Å²) in [6, 6.07) is 13.9. The number of carbonyl (C=O) groups is 2. The predicted octanol–water partition coefficient (Wildman–Crippen LogP) is 3.94. The van der Waals surface area contributed by atoms with Gasteiger partial charge in [-0.3, -0.25) is 9.59 Å². The van der Waals surface area contributed by atoms with Crippen LogP contribution in [0.25, 0.3) is 0 Å². The molecule has 0 radical (unpaired) electrons. The topological polar surface area (TPSA) is 149 Å². The number of hydrogen-bond donors (Lipinski definition) is 2. The van der Waals surface area contributed by atoms with E-state index in [1.54, 1.807) is 12.1 Å². The van der Waals surface area contributed by atoms with Gasteiger partial charge in [0.1, 0.15) is 5.75 Å². The molecule has 2 aromatic carbocycles. The fourth-order valence-corrected chi connectivity index (χ4v) is 4.58. The van der Waals surface area contributed by atoms with Crippen molar-refractivity contribution in [3.63, 3.8) is 0 Å². The molecule has 184 valence electrons. The van der Waals surface area contributed by atoms with Crippen LogP contribution >= 0.6 is 0 Å². The Bertz CT molecular complexity index is 1290. The Kier molecular flexibility index (Phi) is 7.15. The Labute approximate surface area is 202 Å². The maximum atomic E-state index is 12.6. The van der Waals surface area contributed by atoms with Gasteiger partial charge in [-0.15, -0.1) is 5.10 Å². The van der Waals surface area contributed by atoms with Gasteiger partial charge in [0.25, 0.3) is 5.89 Å². The molecule has 1 aliphatic rings. The summed E-state index contributed by atoms with van der Waals surface area (Å²) >= 11 is 0. The number of aliphatic carboxylic acids is 1. The van der Waals surface area contributed by atoms with Gasteiger partial charge in [0.05, 0.1) is 12.2 Å². The van der Waals surface area contributed by atoms with E-state index in [0.29, 0.717) is 24.4 Å². The van der Waals surface area contributed by atoms with Crippen molar-refractivity contribution in [2.45, 2.75) is 38.0 Å². The van der Waals surface area contributed by atoms with Gasteiger partial charge >= 0.3 is 22.1 Å². The second-order valence-corrected chi connectivity index (χ2v) is 10.2. The minimum absolute atomic E-state index is 0.0254. The monoisotopic (exact) mass is 499 g/mol. The van der Waals surface area contributed by atoms with Crippen molar-refractivity contribution in [3.05, 3.63) is 65.5 Å². The number of aromatic nitrogens is 2. The molecule has 11 heteroatoms. The molecule has 0 spiro atoms. The zero-order chi connectivity index (χ0) is 25.0. The molecule has 0 saturated heterocycles. The highest BCUT2D eigenvalue weighted by Crippen LogP contribution is 2.36. The Morgan fingerprint density at radius 2 is 1.69 bits per heavy atom. The van der Waals surface area contributed by atoms with Gasteiger partial charge in [-0.2, -0.15) is 8.42 Å². The summed E-state index contributed by atoms with van der Waals surface area (Å²) in [4.78, 5) is 23.7. The second-order valence-electron chi connectivity index (χ2n) is 8.58. The van der Waals surface area contributed by atoms with Crippen LogP contribution in [-0.2, 0) is 21.3 Å². The number of nitrogens with one attached hydrogen (secondary N) is 1. The van der Waals surface area contributed by atoms with Crippen LogP contribution in [0.3, 0.4) is 0 Å². The average molecular weight is 500 g/mol. The molecule has 1 saturated carbocycles. The first-order valence-electron chi connectivity index (χ1n) is 11.1. The highest BCUT2D eigenvalue weighted by Gasteiger charge is 2.26. The lowest BCUT2D eigenvalue weighted by Gasteiger charge is -2.26. The zero-order valence-corrected chi connectivity index (χ0v) is 19.8. The van der Waals surface area contributed by atoms with E-state index in [2.05, 4.69) is 15.5 Å². The first-order chi connectivity index (χ1) is 16.7. The van der Waals surface area contributed by atoms with Gasteiger partial charge in [-0.25, -0.2) is 0 Å². The molecule has 4 rings (SSSR count). The maximum Gasteiger partial charge on any atom is 0.320 e. The fraction of sp³-hybridized carbons (Fsp3) is 0.333. The van der Waals surface area contributed by atoms with Crippen molar-refractivity contribution in [1.29, 1.82) is 0 Å². The lowest BCUT2D eigenvalue weighted by Crippen LogP contribution is -2.20. The van der Waals surface area contributed by atoms with E-state index in [9.17, 15) is 18.0 Å². The molecular weight excluding hydrogens is 474 g/mol. The number of ketones is 1. The zero-order valence-electron chi connectivity index (χ0n) is 19.0. The average Bonchev–Trinajstić information content (AvgIpc) is 3.29. The van der Waals surface area contributed by atoms with Crippen molar-refractivity contribution in [2.75, 3.05) is 11.6 Å². The van der Waals surface area contributed by atoms with Crippen molar-refractivity contribution >= 4 is 33.6 Å². The highest BCUT2D eigenvalue weighted by molar-refractivity contribution is 7.86. The van der Waals surface area contributed by atoms with Gasteiger partial charge in [0, 0.05) is 12.1 Å². The lowest BCUT2D eigenvalue weighted by molar-refractivity contribution is -0.142. The van der Waals surface area contributed by atoms with E-state index in [0.717, 1.165) is 30.2 Å². The maximum absolute atomic E-state index is 12.6. The molecule has 0 unspecified atom stereocenters. The number of nitrogens with zero attached hydrogens (tertiary/aromatic N) is 2. The minimum Gasteiger partial charge on any atom is -0.481 e. The summed E-state index contributed by atoms with van der Waals surface area (Å²) in [7, 11) is -3.61. The fourth-order valence-electron chi connectivity index (χ4n) is 4.12. The molecule has 1 heterocycles. The molecule has 1 aromatic heterocycles. The van der Waals surface area contributed by atoms with E-state index in [1.807, 2.05) is 24.3 Å². The smallest absolute Gasteiger partial charge is 0.320 e. The first kappa shape index (κ1) is 24.4. The van der Waals surface area contributed by atoms with Crippen LogP contribution in [0.2, 0.25) is 0 Å². The Morgan fingerprint density at radius 3 is 2.29 bits per heavy atom. The molecule has 0 bridgehead atoms. The number of anilines is 2. The molecule has 0 atom stereocenters. The Morgan fingerprint density at radius 1 is 1.03 bits per heavy atom. The number of carboxylic acids is 1. The van der Waals surface area contributed by atoms with Crippen molar-refractivity contribution in [3.8, 4) is 5.75 Å². The van der Waals surface area contributed by atoms with Gasteiger partial charge in [0.15, 0.2) is 0 Å². The molecule has 1 aliphatic carbocycles. The van der Waals surface area contributed by atoms with E-state index in [4.69, 9.17) is 13.7 Å². The van der Waals surface area contributed by atoms with Crippen molar-refractivity contribution in [1.82, 2.24) is 10.2 Å². The number of carboxylic acid groups (broad SMARTS) is 1. The predicted molar refractivity (Wildman–Crippen MR) is 126 cm³/mol. The highest BCUT2D eigenvalue weighted by atomic mass is 32.2. The quantitative estimate of drug-likeness (QED) is 0.327. The van der Waals surface area contributed by atoms with E-state index in [-0.39, 0.29) is 35.8 Å². The van der Waals surface area contributed by atoms with Gasteiger partial charge in [-0.05, 0) is 67.0 Å². The minimum atomic E-state index is -3.61. The van der Waals surface area contributed by atoms with E-state index < -0.39 is 16.1 Å². The molecular formula is C24H25N3O7S. The largest absolute Gasteiger partial charge is 0.481 e. The summed E-state index contributed by atoms with van der Waals surface area (Å²) in [5.74, 6) is -0.901. The molecule has 3 aromatic rings. The van der Waals surface area contributed by atoms with Crippen LogP contribution in [0.15, 0.2) is 52.9 Å². The third kappa shape index (κ3) is 6.66. The molecule has 1 fully saturated rings. The van der Waals surface area contributed by atoms with Crippen LogP contribution in [0.1, 0.15) is 53.4 Å². The van der Waals surface area contributed by atoms with E-state index in [1.165, 1.54) is 12.1 Å². The number of benzene rings is 2. The third-order valence-corrected chi connectivity index (χ3v) is 6.40. The van der Waals surface area contributed by atoms with Crippen LogP contribution < -0.4 is 9.50 Å². The SMILES string of the molecule is CS(=O)(=O)Oc1ccc(Nc2nnc(C(=O)Cc3ccc(C4CCC(C(=O)O)CC4)cc3)o2)cc1. The number of Topliss-reactive ketones (excluding diaryl/α,β-unsaturated/α-hetero) is 1. The van der Waals surface area contributed by atoms with Gasteiger partial charge < -0.3 is 19.0 Å². The number of hydrogen-bond acceptors (Lipinski definition) is 9. The normalized spacial score (nSPS) is 18.1. The summed E-state index contributed by atoms with van der Waals surface area (Å²) in [6.45, 7) is 0. The standard InChI is InChI=1S/C24H25N3O7S/c1-35(31,32)34-20-12-10-19(11-13-20)25-24-27-26-22(33-24)21(28)14-15-2-4-16(5-3-15)17-6-8-18(9-7-17)23(29)30/h2-5,10-13,17-18H,6-9,14H2,1H3,(H,25,27)(H,29,30). The van der Waals surface area contributed by atoms with Gasteiger partial charge in [0.2, 0.25) is 5.78 Å². The number of rotatable bonds is 9. The lowest BCUT2D eigenvalue weighted by atomic mass is 9.78. The van der Waals surface area contributed by atoms with Crippen molar-refractivity contribution < 1.29 is 31.7 Å². The summed E-state index contributed by atoms with van der Waals surface area (Å²) in [5, 5.41) is 19.6. The van der Waals surface area contributed by atoms with E-state index >= 15 is 0 Å². The molecule has 0 aliphatic heterocycles. The molecule has 0 amide bonds. The molecule has 35 heavy (non-hydrogen) atoms. The first-order valence-corrected chi connectivity index (χ1v) is 12.9. The Hall–Kier alpha value is -3.73. The number of carbonyl (C=O) groups excluding carboxylic acids is 1. The van der Waals surface area contributed by atoms with Crippen LogP contribution in [0.4, 0.5) is 11.7 Å².